The molecule has 190 valence electrons. The third-order valence-corrected chi connectivity index (χ3v) is 10.2. The van der Waals surface area contributed by atoms with Crippen LogP contribution in [0, 0.1) is 28.6 Å². The molecule has 0 aromatic carbocycles. The van der Waals surface area contributed by atoms with E-state index in [2.05, 4.69) is 53.1 Å². The summed E-state index contributed by atoms with van der Waals surface area (Å²) in [4.78, 5) is 24.1. The number of H-pyrrole nitrogens is 1. The minimum absolute atomic E-state index is 0.0691. The summed E-state index contributed by atoms with van der Waals surface area (Å²) < 4.78 is 5.93. The second-order valence-corrected chi connectivity index (χ2v) is 12.0. The Morgan fingerprint density at radius 3 is 2.78 bits per heavy atom. The van der Waals surface area contributed by atoms with Crippen LogP contribution in [0.4, 0.5) is 0 Å². The minimum atomic E-state index is -0.664. The third-order valence-electron chi connectivity index (χ3n) is 10.2. The zero-order chi connectivity index (χ0) is 24.9. The fourth-order valence-electron chi connectivity index (χ4n) is 8.23. The number of hydrogen-bond acceptors (Lipinski definition) is 5. The summed E-state index contributed by atoms with van der Waals surface area (Å²) in [7, 11) is 0. The normalized spacial score (nSPS) is 36.1. The van der Waals surface area contributed by atoms with Gasteiger partial charge in [0, 0.05) is 37.1 Å². The van der Waals surface area contributed by atoms with Crippen LogP contribution in [0.15, 0.2) is 54.8 Å². The van der Waals surface area contributed by atoms with Crippen LogP contribution >= 0.6 is 0 Å². The van der Waals surface area contributed by atoms with E-state index in [4.69, 9.17) is 10.5 Å². The molecule has 36 heavy (non-hydrogen) atoms. The molecule has 4 aliphatic rings. The fourth-order valence-corrected chi connectivity index (χ4v) is 8.23. The molecule has 6 rings (SSSR count). The van der Waals surface area contributed by atoms with Gasteiger partial charge in [0.2, 0.25) is 0 Å². The summed E-state index contributed by atoms with van der Waals surface area (Å²) in [5, 5.41) is 0. The largest absolute Gasteiger partial charge is 0.461 e. The van der Waals surface area contributed by atoms with Crippen LogP contribution in [0.5, 0.6) is 0 Å². The number of imidazole rings is 1. The van der Waals surface area contributed by atoms with Crippen molar-refractivity contribution in [2.45, 2.75) is 77.4 Å². The summed E-state index contributed by atoms with van der Waals surface area (Å²) in [5.74, 6) is 1.80. The Kier molecular flexibility index (Phi) is 5.90. The van der Waals surface area contributed by atoms with Gasteiger partial charge in [-0.2, -0.15) is 0 Å². The van der Waals surface area contributed by atoms with Crippen molar-refractivity contribution in [3.8, 4) is 0 Å². The number of carbonyl (C=O) groups excluding carboxylic acids is 1. The molecule has 0 unspecified atom stereocenters. The van der Waals surface area contributed by atoms with Crippen LogP contribution in [0.25, 0.3) is 5.57 Å². The first kappa shape index (κ1) is 23.7. The van der Waals surface area contributed by atoms with Gasteiger partial charge < -0.3 is 15.5 Å². The second kappa shape index (κ2) is 8.98. The highest BCUT2D eigenvalue weighted by molar-refractivity contribution is 5.76. The molecular weight excluding hydrogens is 448 g/mol. The van der Waals surface area contributed by atoms with Gasteiger partial charge in [-0.3, -0.25) is 9.78 Å². The lowest BCUT2D eigenvalue weighted by Gasteiger charge is -2.57. The van der Waals surface area contributed by atoms with Crippen molar-refractivity contribution < 1.29 is 9.53 Å². The highest BCUT2D eigenvalue weighted by atomic mass is 16.5. The number of aromatic nitrogens is 3. The van der Waals surface area contributed by atoms with E-state index < -0.39 is 6.04 Å². The standard InChI is InChI=1S/C30H38N4O2/c1-29-11-9-22(36-28(35)27(31)15-21-17-33-18-34-21)14-20(29)5-6-23-25-8-7-24(19-4-3-13-32-16-19)30(25,2)12-10-26(23)29/h3-5,7,13,16-18,22-23,25-27H,6,8-12,14-15,31H2,1-2H3,(H,33,34)/t22-,23-,25-,26-,27+,29-,30+/m0/s1. The molecule has 0 saturated heterocycles. The number of nitrogens with two attached hydrogens (primary N) is 1. The van der Waals surface area contributed by atoms with Gasteiger partial charge in [-0.05, 0) is 84.3 Å². The smallest absolute Gasteiger partial charge is 0.323 e. The first-order chi connectivity index (χ1) is 17.4. The Labute approximate surface area is 213 Å². The molecule has 6 heteroatoms. The van der Waals surface area contributed by atoms with Crippen LogP contribution in [0.3, 0.4) is 0 Å². The number of pyridine rings is 1. The maximum atomic E-state index is 12.7. The molecule has 7 atom stereocenters. The van der Waals surface area contributed by atoms with Crippen molar-refractivity contribution in [3.63, 3.8) is 0 Å². The maximum Gasteiger partial charge on any atom is 0.323 e. The van der Waals surface area contributed by atoms with Crippen molar-refractivity contribution in [3.05, 3.63) is 66.0 Å². The van der Waals surface area contributed by atoms with Gasteiger partial charge in [-0.15, -0.1) is 0 Å². The SMILES string of the molecule is C[C@]12CC[C@H](OC(=O)[C@H](N)Cc3cnc[nH]3)CC1=CC[C@@H]1[C@@H]2CC[C@]2(C)C(c3cccnc3)=CC[C@@H]12. The number of esters is 1. The number of ether oxygens (including phenoxy) is 1. The zero-order valence-electron chi connectivity index (χ0n) is 21.5. The number of carbonyl (C=O) groups is 1. The average molecular weight is 487 g/mol. The van der Waals surface area contributed by atoms with Crippen LogP contribution in [-0.2, 0) is 16.0 Å². The first-order valence-electron chi connectivity index (χ1n) is 13.6. The number of nitrogens with one attached hydrogen (secondary N) is 1. The van der Waals surface area contributed by atoms with Gasteiger partial charge in [-0.1, -0.05) is 37.6 Å². The van der Waals surface area contributed by atoms with Crippen molar-refractivity contribution in [2.75, 3.05) is 0 Å². The van der Waals surface area contributed by atoms with Gasteiger partial charge in [0.15, 0.2) is 0 Å². The van der Waals surface area contributed by atoms with Gasteiger partial charge in [0.25, 0.3) is 0 Å². The second-order valence-electron chi connectivity index (χ2n) is 12.0. The summed E-state index contributed by atoms with van der Waals surface area (Å²) in [5.41, 5.74) is 11.8. The van der Waals surface area contributed by atoms with Gasteiger partial charge in [0.1, 0.15) is 12.1 Å². The molecular formula is C30H38N4O2. The van der Waals surface area contributed by atoms with Crippen molar-refractivity contribution in [1.82, 2.24) is 15.0 Å². The summed E-state index contributed by atoms with van der Waals surface area (Å²) in [6, 6.07) is 3.62. The Bertz CT molecular complexity index is 1170. The highest BCUT2D eigenvalue weighted by Gasteiger charge is 2.57. The Hall–Kier alpha value is -2.73. The molecule has 4 aliphatic carbocycles. The fraction of sp³-hybridized carbons (Fsp3) is 0.567. The average Bonchev–Trinajstić information content (AvgIpc) is 3.52. The van der Waals surface area contributed by atoms with Crippen LogP contribution < -0.4 is 5.73 Å². The quantitative estimate of drug-likeness (QED) is 0.445. The molecule has 0 bridgehead atoms. The Balaban J connectivity index is 1.14. The number of aromatic amines is 1. The lowest BCUT2D eigenvalue weighted by Crippen LogP contribution is -2.50. The van der Waals surface area contributed by atoms with E-state index in [9.17, 15) is 4.79 Å². The van der Waals surface area contributed by atoms with Crippen molar-refractivity contribution in [1.29, 1.82) is 0 Å². The molecule has 2 heterocycles. The van der Waals surface area contributed by atoms with E-state index in [0.717, 1.165) is 31.4 Å². The van der Waals surface area contributed by atoms with E-state index in [0.29, 0.717) is 24.2 Å². The summed E-state index contributed by atoms with van der Waals surface area (Å²) in [6.07, 6.45) is 20.3. The molecule has 6 nitrogen and oxygen atoms in total. The number of nitrogens with zero attached hydrogens (tertiary/aromatic N) is 2. The van der Waals surface area contributed by atoms with E-state index in [-0.39, 0.29) is 22.9 Å². The van der Waals surface area contributed by atoms with Crippen LogP contribution in [0.2, 0.25) is 0 Å². The Morgan fingerprint density at radius 1 is 1.14 bits per heavy atom. The van der Waals surface area contributed by atoms with Crippen molar-refractivity contribution in [2.24, 2.45) is 34.3 Å². The molecule has 0 amide bonds. The van der Waals surface area contributed by atoms with E-state index in [1.807, 2.05) is 12.4 Å². The molecule has 3 N–H and O–H groups in total. The number of allylic oxidation sites excluding steroid dienone is 3. The van der Waals surface area contributed by atoms with Gasteiger partial charge in [0.05, 0.1) is 6.33 Å². The van der Waals surface area contributed by atoms with Crippen LogP contribution in [-0.4, -0.2) is 33.1 Å². The number of fused-ring (bicyclic) bond motifs is 5. The monoisotopic (exact) mass is 486 g/mol. The van der Waals surface area contributed by atoms with Crippen molar-refractivity contribution >= 4 is 11.5 Å². The number of hydrogen-bond donors (Lipinski definition) is 2. The lowest BCUT2D eigenvalue weighted by atomic mass is 9.47. The molecule has 0 spiro atoms. The summed E-state index contributed by atoms with van der Waals surface area (Å²) >= 11 is 0. The topological polar surface area (TPSA) is 93.9 Å². The lowest BCUT2D eigenvalue weighted by molar-refractivity contribution is -0.153. The van der Waals surface area contributed by atoms with E-state index in [1.165, 1.54) is 36.0 Å². The number of rotatable bonds is 5. The molecule has 0 aliphatic heterocycles. The molecule has 2 aromatic rings. The highest BCUT2D eigenvalue weighted by Crippen LogP contribution is 2.66. The van der Waals surface area contributed by atoms with Gasteiger partial charge in [-0.25, -0.2) is 4.98 Å². The maximum absolute atomic E-state index is 12.7. The molecule has 2 saturated carbocycles. The molecule has 2 fully saturated rings. The van der Waals surface area contributed by atoms with Gasteiger partial charge >= 0.3 is 5.97 Å². The van der Waals surface area contributed by atoms with E-state index in [1.54, 1.807) is 12.5 Å². The third kappa shape index (κ3) is 3.85. The zero-order valence-corrected chi connectivity index (χ0v) is 21.5. The predicted octanol–water partition coefficient (Wildman–Crippen LogP) is 5.24. The first-order valence-corrected chi connectivity index (χ1v) is 13.6. The summed E-state index contributed by atoms with van der Waals surface area (Å²) in [6.45, 7) is 4.99. The van der Waals surface area contributed by atoms with E-state index >= 15 is 0 Å². The minimum Gasteiger partial charge on any atom is -0.461 e. The van der Waals surface area contributed by atoms with Crippen LogP contribution in [0.1, 0.15) is 70.1 Å². The molecule has 0 radical (unpaired) electrons. The molecule has 2 aromatic heterocycles. The predicted molar refractivity (Wildman–Crippen MR) is 139 cm³/mol. The Morgan fingerprint density at radius 2 is 2.00 bits per heavy atom.